The highest BCUT2D eigenvalue weighted by Crippen LogP contribution is 2.37. The number of thiazole rings is 1. The van der Waals surface area contributed by atoms with E-state index in [4.69, 9.17) is 25.8 Å². The van der Waals surface area contributed by atoms with E-state index in [-0.39, 0.29) is 88.0 Å². The number of aryl methyl sites for hydroxylation is 1. The lowest BCUT2D eigenvalue weighted by molar-refractivity contribution is -0.144. The summed E-state index contributed by atoms with van der Waals surface area (Å²) in [6.07, 6.45) is 0.0550. The number of alkyl halides is 1. The zero-order valence-electron chi connectivity index (χ0n) is 43.8. The number of nitrogens with one attached hydrogen (secondary N) is 2. The molecule has 4 aromatic carbocycles. The predicted octanol–water partition coefficient (Wildman–Crippen LogP) is 7.26. The number of carbonyl (C=O) groups is 4. The third-order valence-corrected chi connectivity index (χ3v) is 14.7. The predicted molar refractivity (Wildman–Crippen MR) is 295 cm³/mol. The molecule has 2 saturated heterocycles. The molecule has 0 aliphatic carbocycles. The van der Waals surface area contributed by atoms with Crippen molar-refractivity contribution < 1.29 is 48.7 Å². The zero-order valence-corrected chi connectivity index (χ0v) is 45.4. The molecule has 7 rings (SSSR count). The standard InChI is InChI=1S/C58H71ClN6O10S/c1-39-54(76-38-61-39)44-7-5-40(6-8-44)36-60-56(71)50-35-47(68)37-65(50)57(72)55(58(2,3)4)62-51(69)22-30-73-33-34-74-31-23-52(70)64-27-25-63(26-28-64)29-32-75-48-19-13-43(14-20-48)53(42-11-17-46(67)18-12-42)49(21-24-59)41-9-15-45(66)16-10-41/h5-20,38,47,50,55,66-68H,21-37H2,1-4H3,(H,60,71)(H,62,69)/t47-,50+,55-/m1/s1. The molecule has 406 valence electrons. The number of ether oxygens (including phenoxy) is 3. The fourth-order valence-electron chi connectivity index (χ4n) is 9.36. The second-order valence-corrected chi connectivity index (χ2v) is 21.4. The van der Waals surface area contributed by atoms with E-state index < -0.39 is 29.5 Å². The molecule has 4 amide bonds. The molecule has 76 heavy (non-hydrogen) atoms. The highest BCUT2D eigenvalue weighted by Gasteiger charge is 2.44. The van der Waals surface area contributed by atoms with Gasteiger partial charge in [0.2, 0.25) is 23.6 Å². The van der Waals surface area contributed by atoms with Gasteiger partial charge in [0.05, 0.1) is 55.0 Å². The Hall–Kier alpha value is -6.34. The number of nitrogens with zero attached hydrogens (tertiary/aromatic N) is 4. The van der Waals surface area contributed by atoms with Gasteiger partial charge < -0.3 is 50.0 Å². The molecule has 3 atom stereocenters. The number of hydrogen-bond acceptors (Lipinski definition) is 13. The summed E-state index contributed by atoms with van der Waals surface area (Å²) in [5.74, 6) is 0.328. The van der Waals surface area contributed by atoms with Crippen LogP contribution in [0.4, 0.5) is 0 Å². The Balaban J connectivity index is 0.764. The van der Waals surface area contributed by atoms with Crippen LogP contribution in [0.2, 0.25) is 0 Å². The van der Waals surface area contributed by atoms with Gasteiger partial charge in [-0.05, 0) is 94.1 Å². The monoisotopic (exact) mass is 1080 g/mol. The number of β-amino-alcohol motifs (C(OH)–C–C–N with tert-alkyl or cyclic N) is 1. The molecule has 0 bridgehead atoms. The smallest absolute Gasteiger partial charge is 0.246 e. The minimum absolute atomic E-state index is 0.000628. The molecule has 16 nitrogen and oxygen atoms in total. The summed E-state index contributed by atoms with van der Waals surface area (Å²) in [4.78, 5) is 64.5. The van der Waals surface area contributed by atoms with Crippen LogP contribution in [0.1, 0.15) is 74.4 Å². The maximum absolute atomic E-state index is 14.0. The largest absolute Gasteiger partial charge is 0.508 e. The zero-order chi connectivity index (χ0) is 54.2. The van der Waals surface area contributed by atoms with Gasteiger partial charge in [0.15, 0.2) is 0 Å². The summed E-state index contributed by atoms with van der Waals surface area (Å²) in [6, 6.07) is 28.1. The molecule has 0 unspecified atom stereocenters. The van der Waals surface area contributed by atoms with E-state index in [1.54, 1.807) is 35.6 Å². The molecule has 1 aromatic heterocycles. The Morgan fingerprint density at radius 3 is 1.97 bits per heavy atom. The first kappa shape index (κ1) is 57.4. The number of phenols is 2. The number of carbonyl (C=O) groups excluding carboxylic acids is 4. The molecular formula is C58H71ClN6O10S. The Labute approximate surface area is 454 Å². The lowest BCUT2D eigenvalue weighted by atomic mass is 9.85. The average Bonchev–Trinajstić information content (AvgIpc) is 4.03. The fourth-order valence-corrected chi connectivity index (χ4v) is 10.4. The van der Waals surface area contributed by atoms with E-state index in [1.807, 2.05) is 111 Å². The molecule has 3 heterocycles. The number of phenolic OH excluding ortho intramolecular Hbond substituents is 2. The van der Waals surface area contributed by atoms with Gasteiger partial charge >= 0.3 is 0 Å². The van der Waals surface area contributed by atoms with Crippen LogP contribution >= 0.6 is 22.9 Å². The van der Waals surface area contributed by atoms with Gasteiger partial charge in [0, 0.05) is 64.5 Å². The number of allylic oxidation sites excluding steroid dienone is 1. The number of likely N-dealkylation sites (tertiary alicyclic amines) is 1. The maximum atomic E-state index is 14.0. The quantitative estimate of drug-likeness (QED) is 0.0236. The van der Waals surface area contributed by atoms with Gasteiger partial charge in [-0.25, -0.2) is 4.98 Å². The van der Waals surface area contributed by atoms with E-state index in [1.165, 1.54) is 4.90 Å². The van der Waals surface area contributed by atoms with Crippen molar-refractivity contribution in [2.75, 3.05) is 78.2 Å². The molecule has 0 spiro atoms. The molecule has 18 heteroatoms. The van der Waals surface area contributed by atoms with Crippen molar-refractivity contribution in [3.63, 3.8) is 0 Å². The highest BCUT2D eigenvalue weighted by atomic mass is 35.5. The Kier molecular flexibility index (Phi) is 20.9. The number of amides is 4. The number of aromatic nitrogens is 1. The first-order valence-corrected chi connectivity index (χ1v) is 27.3. The Morgan fingerprint density at radius 2 is 1.38 bits per heavy atom. The van der Waals surface area contributed by atoms with Crippen LogP contribution in [-0.2, 0) is 35.2 Å². The molecule has 5 N–H and O–H groups in total. The second-order valence-electron chi connectivity index (χ2n) is 20.2. The Bertz CT molecular complexity index is 2720. The molecular weight excluding hydrogens is 1010 g/mol. The number of aliphatic hydroxyl groups excluding tert-OH is 1. The van der Waals surface area contributed by atoms with Crippen LogP contribution < -0.4 is 15.4 Å². The van der Waals surface area contributed by atoms with E-state index in [0.717, 1.165) is 68.4 Å². The first-order chi connectivity index (χ1) is 36.6. The number of aromatic hydroxyl groups is 2. The lowest BCUT2D eigenvalue weighted by Crippen LogP contribution is -2.57. The summed E-state index contributed by atoms with van der Waals surface area (Å²) in [6.45, 7) is 12.4. The summed E-state index contributed by atoms with van der Waals surface area (Å²) in [5, 5.41) is 36.3. The van der Waals surface area contributed by atoms with E-state index >= 15 is 0 Å². The molecule has 0 radical (unpaired) electrons. The van der Waals surface area contributed by atoms with Crippen LogP contribution in [0, 0.1) is 12.3 Å². The minimum atomic E-state index is -0.950. The SMILES string of the molecule is Cc1ncsc1-c1ccc(CNC(=O)[C@@H]2C[C@@H](O)CN2C(=O)[C@@H](NC(=O)CCOCCOCCC(=O)N2CCN(CCOc3ccc(C(=C(CCCl)c4ccc(O)cc4)c4ccc(O)cc4)cc3)CC2)C(C)(C)C)cc1. The van der Waals surface area contributed by atoms with Crippen LogP contribution in [0.3, 0.4) is 0 Å². The van der Waals surface area contributed by atoms with E-state index in [2.05, 4.69) is 20.5 Å². The number of rotatable bonds is 24. The first-order valence-electron chi connectivity index (χ1n) is 25.9. The van der Waals surface area contributed by atoms with Crippen molar-refractivity contribution in [1.29, 1.82) is 0 Å². The van der Waals surface area contributed by atoms with Crippen molar-refractivity contribution in [2.45, 2.75) is 78.1 Å². The van der Waals surface area contributed by atoms with Crippen LogP contribution in [0.5, 0.6) is 17.2 Å². The normalized spacial score (nSPS) is 16.8. The molecule has 2 aliphatic rings. The van der Waals surface area contributed by atoms with Crippen molar-refractivity contribution in [3.8, 4) is 27.7 Å². The lowest BCUT2D eigenvalue weighted by Gasteiger charge is -2.35. The van der Waals surface area contributed by atoms with E-state index in [0.29, 0.717) is 38.5 Å². The topological polar surface area (TPSA) is 203 Å². The number of hydrogen-bond donors (Lipinski definition) is 5. The number of halogens is 1. The van der Waals surface area contributed by atoms with Crippen LogP contribution in [0.15, 0.2) is 103 Å². The summed E-state index contributed by atoms with van der Waals surface area (Å²) in [7, 11) is 0. The molecule has 2 fully saturated rings. The van der Waals surface area contributed by atoms with E-state index in [9.17, 15) is 34.5 Å². The third-order valence-electron chi connectivity index (χ3n) is 13.6. The van der Waals surface area contributed by atoms with Gasteiger partial charge in [0.1, 0.15) is 35.9 Å². The van der Waals surface area contributed by atoms with Gasteiger partial charge in [-0.1, -0.05) is 81.4 Å². The minimum Gasteiger partial charge on any atom is -0.508 e. The Morgan fingerprint density at radius 1 is 0.776 bits per heavy atom. The van der Waals surface area contributed by atoms with Gasteiger partial charge in [-0.15, -0.1) is 22.9 Å². The summed E-state index contributed by atoms with van der Waals surface area (Å²) < 4.78 is 17.5. The van der Waals surface area contributed by atoms with Gasteiger partial charge in [-0.2, -0.15) is 0 Å². The van der Waals surface area contributed by atoms with Crippen molar-refractivity contribution >= 4 is 57.7 Å². The second kappa shape index (κ2) is 27.6. The summed E-state index contributed by atoms with van der Waals surface area (Å²) in [5.41, 5.74) is 8.83. The summed E-state index contributed by atoms with van der Waals surface area (Å²) >= 11 is 7.87. The average molecular weight is 1080 g/mol. The van der Waals surface area contributed by atoms with Gasteiger partial charge in [0.25, 0.3) is 0 Å². The van der Waals surface area contributed by atoms with Crippen molar-refractivity contribution in [1.82, 2.24) is 30.3 Å². The third kappa shape index (κ3) is 16.1. The van der Waals surface area contributed by atoms with Crippen LogP contribution in [0.25, 0.3) is 21.6 Å². The maximum Gasteiger partial charge on any atom is 0.246 e. The number of piperazine rings is 1. The number of aliphatic hydroxyl groups is 1. The van der Waals surface area contributed by atoms with Gasteiger partial charge in [-0.3, -0.25) is 24.1 Å². The molecule has 5 aromatic rings. The fraction of sp³-hybridized carbons (Fsp3) is 0.431. The number of benzene rings is 4. The molecule has 0 saturated carbocycles. The van der Waals surface area contributed by atoms with Crippen molar-refractivity contribution in [2.24, 2.45) is 5.41 Å². The van der Waals surface area contributed by atoms with Crippen LogP contribution in [-0.4, -0.2) is 155 Å². The molecule has 2 aliphatic heterocycles. The van der Waals surface area contributed by atoms with Crippen molar-refractivity contribution in [3.05, 3.63) is 131 Å². The highest BCUT2D eigenvalue weighted by molar-refractivity contribution is 7.13.